The predicted molar refractivity (Wildman–Crippen MR) is 171 cm³/mol. The standard InChI is InChI=1S/C37H21N5O/c1-2-11-23-22(10-1)20-21-30-33(23)24-12-3-6-16-28(24)41-29-17-7-5-14-26(29)39-37(41)42(30)36-38-27-15-9-19-32-34(27)35(40-36)25-13-4-8-18-31(25)43-32/h1-21H. The van der Waals surface area contributed by atoms with Gasteiger partial charge in [0, 0.05) is 16.7 Å². The molecule has 0 atom stereocenters. The highest BCUT2D eigenvalue weighted by Crippen LogP contribution is 2.51. The number of fused-ring (bicyclic) bond motifs is 11. The summed E-state index contributed by atoms with van der Waals surface area (Å²) in [4.78, 5) is 17.9. The highest BCUT2D eigenvalue weighted by molar-refractivity contribution is 6.09. The minimum absolute atomic E-state index is 0.553. The Hall–Kier alpha value is -6.01. The van der Waals surface area contributed by atoms with Crippen molar-refractivity contribution in [3.63, 3.8) is 0 Å². The fourth-order valence-electron chi connectivity index (χ4n) is 6.70. The summed E-state index contributed by atoms with van der Waals surface area (Å²) in [5, 5.41) is 3.25. The van der Waals surface area contributed by atoms with Crippen LogP contribution < -0.4 is 9.64 Å². The van der Waals surface area contributed by atoms with Gasteiger partial charge in [0.1, 0.15) is 11.5 Å². The summed E-state index contributed by atoms with van der Waals surface area (Å²) in [7, 11) is 0. The van der Waals surface area contributed by atoms with E-state index in [1.807, 2.05) is 42.5 Å². The van der Waals surface area contributed by atoms with Crippen LogP contribution in [0.1, 0.15) is 0 Å². The van der Waals surface area contributed by atoms with E-state index in [4.69, 9.17) is 19.7 Å². The van der Waals surface area contributed by atoms with Gasteiger partial charge in [-0.1, -0.05) is 78.9 Å². The molecule has 43 heavy (non-hydrogen) atoms. The Morgan fingerprint density at radius 1 is 0.535 bits per heavy atom. The Morgan fingerprint density at radius 2 is 1.30 bits per heavy atom. The summed E-state index contributed by atoms with van der Waals surface area (Å²) >= 11 is 0. The van der Waals surface area contributed by atoms with Gasteiger partial charge in [-0.2, -0.15) is 0 Å². The maximum absolute atomic E-state index is 6.29. The third kappa shape index (κ3) is 3.04. The summed E-state index contributed by atoms with van der Waals surface area (Å²) < 4.78 is 8.53. The Kier molecular flexibility index (Phi) is 4.36. The minimum atomic E-state index is 0.553. The fraction of sp³-hybridized carbons (Fsp3) is 0. The van der Waals surface area contributed by atoms with Crippen LogP contribution in [0, 0.1) is 0 Å². The molecule has 0 fully saturated rings. The topological polar surface area (TPSA) is 56.1 Å². The van der Waals surface area contributed by atoms with E-state index in [0.29, 0.717) is 5.95 Å². The molecule has 0 amide bonds. The Morgan fingerprint density at radius 3 is 2.28 bits per heavy atom. The van der Waals surface area contributed by atoms with Crippen molar-refractivity contribution >= 4 is 50.3 Å². The van der Waals surface area contributed by atoms with Gasteiger partial charge in [-0.25, -0.2) is 19.9 Å². The molecule has 6 heteroatoms. The van der Waals surface area contributed by atoms with Gasteiger partial charge in [0.05, 0.1) is 39.0 Å². The van der Waals surface area contributed by atoms with Crippen LogP contribution in [0.5, 0.6) is 11.5 Å². The average Bonchev–Trinajstić information content (AvgIpc) is 3.38. The van der Waals surface area contributed by atoms with E-state index in [2.05, 4.69) is 94.4 Å². The first kappa shape index (κ1) is 22.7. The van der Waals surface area contributed by atoms with Crippen molar-refractivity contribution in [1.29, 1.82) is 0 Å². The van der Waals surface area contributed by atoms with E-state index < -0.39 is 0 Å². The molecule has 6 aromatic carbocycles. The maximum Gasteiger partial charge on any atom is 0.238 e. The quantitative estimate of drug-likeness (QED) is 0.203. The number of anilines is 3. The summed E-state index contributed by atoms with van der Waals surface area (Å²) in [6.07, 6.45) is 0. The van der Waals surface area contributed by atoms with Gasteiger partial charge in [0.15, 0.2) is 0 Å². The highest BCUT2D eigenvalue weighted by Gasteiger charge is 2.33. The van der Waals surface area contributed by atoms with Gasteiger partial charge >= 0.3 is 0 Å². The molecular formula is C37H21N5O. The van der Waals surface area contributed by atoms with Crippen molar-refractivity contribution in [3.05, 3.63) is 127 Å². The van der Waals surface area contributed by atoms with E-state index >= 15 is 0 Å². The summed E-state index contributed by atoms with van der Waals surface area (Å²) in [6.45, 7) is 0. The normalized spacial score (nSPS) is 12.8. The smallest absolute Gasteiger partial charge is 0.238 e. The minimum Gasteiger partial charge on any atom is -0.456 e. The van der Waals surface area contributed by atoms with E-state index in [1.165, 1.54) is 5.39 Å². The lowest BCUT2D eigenvalue weighted by Crippen LogP contribution is -2.18. The molecule has 0 spiro atoms. The number of hydrogen-bond donors (Lipinski definition) is 0. The number of hydrogen-bond acceptors (Lipinski definition) is 5. The lowest BCUT2D eigenvalue weighted by atomic mass is 9.95. The first-order chi connectivity index (χ1) is 21.3. The summed E-state index contributed by atoms with van der Waals surface area (Å²) in [5.74, 6) is 2.84. The van der Waals surface area contributed by atoms with Crippen LogP contribution in [0.2, 0.25) is 0 Å². The molecule has 6 nitrogen and oxygen atoms in total. The van der Waals surface area contributed by atoms with Crippen molar-refractivity contribution in [1.82, 2.24) is 19.5 Å². The molecule has 0 bridgehead atoms. The average molecular weight is 552 g/mol. The first-order valence-electron chi connectivity index (χ1n) is 14.3. The zero-order valence-corrected chi connectivity index (χ0v) is 22.8. The van der Waals surface area contributed by atoms with Crippen LogP contribution in [-0.2, 0) is 0 Å². The molecule has 2 aliphatic rings. The van der Waals surface area contributed by atoms with Crippen LogP contribution in [0.3, 0.4) is 0 Å². The molecule has 0 aliphatic carbocycles. The van der Waals surface area contributed by atoms with Gasteiger partial charge in [-0.05, 0) is 59.3 Å². The predicted octanol–water partition coefficient (Wildman–Crippen LogP) is 9.34. The van der Waals surface area contributed by atoms with E-state index in [1.54, 1.807) is 0 Å². The van der Waals surface area contributed by atoms with Crippen molar-refractivity contribution in [2.45, 2.75) is 0 Å². The van der Waals surface area contributed by atoms with E-state index in [-0.39, 0.29) is 0 Å². The third-order valence-corrected chi connectivity index (χ3v) is 8.54. The van der Waals surface area contributed by atoms with Crippen molar-refractivity contribution in [2.75, 3.05) is 4.90 Å². The van der Waals surface area contributed by atoms with Crippen molar-refractivity contribution < 1.29 is 4.74 Å². The van der Waals surface area contributed by atoms with Crippen LogP contribution >= 0.6 is 0 Å². The molecule has 10 rings (SSSR count). The van der Waals surface area contributed by atoms with Crippen LogP contribution in [0.25, 0.3) is 60.8 Å². The number of para-hydroxylation sites is 4. The number of benzene rings is 6. The molecule has 2 aliphatic heterocycles. The largest absolute Gasteiger partial charge is 0.456 e. The number of aromatic nitrogens is 4. The lowest BCUT2D eigenvalue weighted by molar-refractivity contribution is 0.486. The van der Waals surface area contributed by atoms with Crippen LogP contribution in [0.4, 0.5) is 17.6 Å². The SMILES string of the molecule is c1ccc2c(c1)Oc1cccc3nc(N4c5ccc6ccccc6c5-c5ccccc5-n5c4nc4ccccc45)nc-2c13. The van der Waals surface area contributed by atoms with Crippen LogP contribution in [-0.4, -0.2) is 19.5 Å². The van der Waals surface area contributed by atoms with Gasteiger partial charge < -0.3 is 4.74 Å². The van der Waals surface area contributed by atoms with Crippen molar-refractivity contribution in [3.8, 4) is 39.6 Å². The second kappa shape index (κ2) is 8.27. The summed E-state index contributed by atoms with van der Waals surface area (Å²) in [6, 6.07) is 43.8. The molecule has 4 heterocycles. The zero-order chi connectivity index (χ0) is 28.1. The molecular weight excluding hydrogens is 530 g/mol. The van der Waals surface area contributed by atoms with E-state index in [9.17, 15) is 0 Å². The molecule has 200 valence electrons. The van der Waals surface area contributed by atoms with Crippen molar-refractivity contribution in [2.24, 2.45) is 0 Å². The summed E-state index contributed by atoms with van der Waals surface area (Å²) in [5.41, 5.74) is 8.84. The van der Waals surface area contributed by atoms with Gasteiger partial charge in [0.25, 0.3) is 0 Å². The van der Waals surface area contributed by atoms with Gasteiger partial charge in [-0.3, -0.25) is 4.57 Å². The van der Waals surface area contributed by atoms with E-state index in [0.717, 1.165) is 78.5 Å². The monoisotopic (exact) mass is 551 g/mol. The second-order valence-corrected chi connectivity index (χ2v) is 10.9. The molecule has 0 N–H and O–H groups in total. The molecule has 0 saturated heterocycles. The lowest BCUT2D eigenvalue weighted by Gasteiger charge is -2.26. The van der Waals surface area contributed by atoms with Crippen LogP contribution in [0.15, 0.2) is 127 Å². The van der Waals surface area contributed by atoms with Gasteiger partial charge in [-0.15, -0.1) is 0 Å². The number of rotatable bonds is 1. The molecule has 8 aromatic rings. The fourth-order valence-corrected chi connectivity index (χ4v) is 6.70. The molecule has 0 unspecified atom stereocenters. The first-order valence-corrected chi connectivity index (χ1v) is 14.3. The zero-order valence-electron chi connectivity index (χ0n) is 22.8. The Labute approximate surface area is 246 Å². The number of ether oxygens (including phenoxy) is 1. The second-order valence-electron chi connectivity index (χ2n) is 10.9. The maximum atomic E-state index is 6.29. The highest BCUT2D eigenvalue weighted by atomic mass is 16.5. The Balaban J connectivity index is 1.38. The number of nitrogens with zero attached hydrogens (tertiary/aromatic N) is 5. The number of imidazole rings is 1. The Bertz CT molecular complexity index is 2460. The molecule has 0 saturated carbocycles. The third-order valence-electron chi connectivity index (χ3n) is 8.54. The van der Waals surface area contributed by atoms with Gasteiger partial charge in [0.2, 0.25) is 11.9 Å². The molecule has 0 radical (unpaired) electrons. The molecule has 2 aromatic heterocycles.